The topological polar surface area (TPSA) is 75.0 Å². The van der Waals surface area contributed by atoms with Crippen molar-refractivity contribution in [3.63, 3.8) is 0 Å². The molecule has 0 aliphatic rings. The van der Waals surface area contributed by atoms with E-state index >= 15 is 0 Å². The number of carbonyl (C=O) groups excluding carboxylic acids is 1. The molecular weight excluding hydrogens is 311 g/mol. The maximum atomic E-state index is 12.1. The highest BCUT2D eigenvalue weighted by atomic mass is 35.5. The Kier molecular flexibility index (Phi) is 4.03. The van der Waals surface area contributed by atoms with Crippen molar-refractivity contribution < 1.29 is 9.90 Å². The number of aliphatic carboxylic acids is 1. The van der Waals surface area contributed by atoms with Gasteiger partial charge in [0.05, 0.1) is 21.9 Å². The quantitative estimate of drug-likeness (QED) is 0.625. The summed E-state index contributed by atoms with van der Waals surface area (Å²) in [6.45, 7) is 0. The predicted octanol–water partition coefficient (Wildman–Crippen LogP) is 1.08. The lowest BCUT2D eigenvalue weighted by atomic mass is 10.2. The zero-order chi connectivity index (χ0) is 14.2. The Balaban J connectivity index is 2.66. The Morgan fingerprint density at radius 1 is 1.47 bits per heavy atom. The van der Waals surface area contributed by atoms with E-state index in [1.54, 1.807) is 0 Å². The fourth-order valence-corrected chi connectivity index (χ4v) is 2.75. The van der Waals surface area contributed by atoms with Crippen LogP contribution in [0.15, 0.2) is 22.1 Å². The molecule has 2 aromatic rings. The van der Waals surface area contributed by atoms with Crippen LogP contribution in [0, 0.1) is 0 Å². The summed E-state index contributed by atoms with van der Waals surface area (Å²) >= 11 is 12.7. The number of thioether (sulfide) groups is 1. The summed E-state index contributed by atoms with van der Waals surface area (Å²) < 4.78 is 1.25. The van der Waals surface area contributed by atoms with Crippen LogP contribution in [0.3, 0.4) is 0 Å². The highest BCUT2D eigenvalue weighted by Gasteiger charge is 2.12. The van der Waals surface area contributed by atoms with E-state index < -0.39 is 5.97 Å². The first-order valence-electron chi connectivity index (χ1n) is 5.08. The lowest BCUT2D eigenvalue weighted by Gasteiger charge is -2.10. The van der Waals surface area contributed by atoms with Gasteiger partial charge in [-0.3, -0.25) is 9.36 Å². The Bertz CT molecular complexity index is 730. The number of carbonyl (C=O) groups is 1. The minimum atomic E-state index is -1.23. The molecule has 19 heavy (non-hydrogen) atoms. The molecule has 5 nitrogen and oxygen atoms in total. The maximum Gasteiger partial charge on any atom is 0.261 e. The predicted molar refractivity (Wildman–Crippen MR) is 72.7 cm³/mol. The second-order valence-electron chi connectivity index (χ2n) is 3.70. The molecule has 0 unspecified atom stereocenters. The van der Waals surface area contributed by atoms with Crippen LogP contribution in [0.25, 0.3) is 10.9 Å². The number of rotatable bonds is 3. The molecule has 0 aliphatic heterocycles. The van der Waals surface area contributed by atoms with Gasteiger partial charge in [0.2, 0.25) is 0 Å². The third-order valence-electron chi connectivity index (χ3n) is 2.38. The third-order valence-corrected chi connectivity index (χ3v) is 3.89. The van der Waals surface area contributed by atoms with Gasteiger partial charge >= 0.3 is 0 Å². The zero-order valence-electron chi connectivity index (χ0n) is 9.65. The molecule has 0 aliphatic carbocycles. The summed E-state index contributed by atoms with van der Waals surface area (Å²) in [7, 11) is 1.50. The second kappa shape index (κ2) is 5.40. The number of carboxylic acids is 1. The minimum Gasteiger partial charge on any atom is -0.549 e. The van der Waals surface area contributed by atoms with Gasteiger partial charge in [-0.2, -0.15) is 0 Å². The normalized spacial score (nSPS) is 10.9. The summed E-state index contributed by atoms with van der Waals surface area (Å²) in [4.78, 5) is 26.8. The number of carboxylic acid groups (broad SMARTS) is 1. The third kappa shape index (κ3) is 2.86. The van der Waals surface area contributed by atoms with Gasteiger partial charge in [-0.15, -0.1) is 0 Å². The van der Waals surface area contributed by atoms with E-state index in [0.717, 1.165) is 11.8 Å². The Morgan fingerprint density at radius 3 is 2.79 bits per heavy atom. The van der Waals surface area contributed by atoms with Gasteiger partial charge in [-0.1, -0.05) is 35.0 Å². The molecule has 100 valence electrons. The molecule has 1 aromatic carbocycles. The van der Waals surface area contributed by atoms with Crippen molar-refractivity contribution in [1.29, 1.82) is 0 Å². The Hall–Kier alpha value is -1.24. The smallest absolute Gasteiger partial charge is 0.261 e. The molecule has 2 rings (SSSR count). The lowest BCUT2D eigenvalue weighted by Crippen LogP contribution is -2.26. The Morgan fingerprint density at radius 2 is 2.16 bits per heavy atom. The number of hydrogen-bond acceptors (Lipinski definition) is 5. The van der Waals surface area contributed by atoms with Crippen LogP contribution < -0.4 is 10.7 Å². The molecule has 1 heterocycles. The largest absolute Gasteiger partial charge is 0.549 e. The molecular formula is C11H7Cl2N2O3S-. The van der Waals surface area contributed by atoms with E-state index in [4.69, 9.17) is 23.2 Å². The number of nitrogens with zero attached hydrogens (tertiary/aromatic N) is 2. The first kappa shape index (κ1) is 14.2. The first-order chi connectivity index (χ1) is 8.90. The molecule has 0 saturated carbocycles. The number of aromatic nitrogens is 2. The number of halogens is 2. The maximum absolute atomic E-state index is 12.1. The van der Waals surface area contributed by atoms with Crippen LogP contribution in [0.2, 0.25) is 10.0 Å². The van der Waals surface area contributed by atoms with E-state index in [9.17, 15) is 14.7 Å². The van der Waals surface area contributed by atoms with Crippen LogP contribution in [0.4, 0.5) is 0 Å². The van der Waals surface area contributed by atoms with Gasteiger partial charge in [0.15, 0.2) is 5.16 Å². The van der Waals surface area contributed by atoms with Gasteiger partial charge in [-0.25, -0.2) is 4.98 Å². The molecule has 0 bridgehead atoms. The van der Waals surface area contributed by atoms with E-state index in [1.165, 1.54) is 23.7 Å². The SMILES string of the molecule is Cn1c(SCC(=O)[O-])nc2c(Cl)cc(Cl)cc2c1=O. The van der Waals surface area contributed by atoms with Crippen LogP contribution in [0.1, 0.15) is 0 Å². The average molecular weight is 318 g/mol. The molecule has 0 N–H and O–H groups in total. The first-order valence-corrected chi connectivity index (χ1v) is 6.82. The van der Waals surface area contributed by atoms with Gasteiger partial charge in [0.1, 0.15) is 0 Å². The van der Waals surface area contributed by atoms with Crippen molar-refractivity contribution >= 4 is 51.8 Å². The fourth-order valence-electron chi connectivity index (χ4n) is 1.53. The molecule has 0 spiro atoms. The van der Waals surface area contributed by atoms with Crippen molar-refractivity contribution in [3.8, 4) is 0 Å². The molecule has 8 heteroatoms. The van der Waals surface area contributed by atoms with Crippen molar-refractivity contribution in [2.45, 2.75) is 5.16 Å². The summed E-state index contributed by atoms with van der Waals surface area (Å²) in [6, 6.07) is 2.95. The van der Waals surface area contributed by atoms with Crippen LogP contribution in [-0.2, 0) is 11.8 Å². The number of fused-ring (bicyclic) bond motifs is 1. The van der Waals surface area contributed by atoms with Crippen molar-refractivity contribution in [2.24, 2.45) is 7.05 Å². The fraction of sp³-hybridized carbons (Fsp3) is 0.182. The second-order valence-corrected chi connectivity index (χ2v) is 5.49. The number of benzene rings is 1. The summed E-state index contributed by atoms with van der Waals surface area (Å²) in [5.41, 5.74) is -0.0368. The average Bonchev–Trinajstić information content (AvgIpc) is 2.32. The standard InChI is InChI=1S/C11H8Cl2N2O3S/c1-15-10(18)6-2-5(12)3-7(13)9(6)14-11(15)19-4-8(16)17/h2-3H,4H2,1H3,(H,16,17)/p-1. The lowest BCUT2D eigenvalue weighted by molar-refractivity contribution is -0.301. The van der Waals surface area contributed by atoms with Crippen LogP contribution in [-0.4, -0.2) is 21.3 Å². The van der Waals surface area contributed by atoms with E-state index in [0.29, 0.717) is 10.5 Å². The summed E-state index contributed by atoms with van der Waals surface area (Å²) in [5, 5.41) is 11.6. The van der Waals surface area contributed by atoms with Crippen LogP contribution >= 0.6 is 35.0 Å². The van der Waals surface area contributed by atoms with Crippen LogP contribution in [0.5, 0.6) is 0 Å². The molecule has 0 atom stereocenters. The molecule has 0 saturated heterocycles. The molecule has 0 radical (unpaired) electrons. The van der Waals surface area contributed by atoms with Crippen molar-refractivity contribution in [3.05, 3.63) is 32.5 Å². The molecule has 0 fully saturated rings. The van der Waals surface area contributed by atoms with Crippen molar-refractivity contribution in [2.75, 3.05) is 5.75 Å². The van der Waals surface area contributed by atoms with Gasteiger partial charge in [0, 0.05) is 17.8 Å². The van der Waals surface area contributed by atoms with E-state index in [1.807, 2.05) is 0 Å². The highest BCUT2D eigenvalue weighted by molar-refractivity contribution is 7.99. The minimum absolute atomic E-state index is 0.246. The Labute approximate surface area is 122 Å². The zero-order valence-corrected chi connectivity index (χ0v) is 12.0. The van der Waals surface area contributed by atoms with E-state index in [-0.39, 0.29) is 26.9 Å². The van der Waals surface area contributed by atoms with Gasteiger partial charge in [-0.05, 0) is 12.1 Å². The van der Waals surface area contributed by atoms with Gasteiger partial charge in [0.25, 0.3) is 5.56 Å². The highest BCUT2D eigenvalue weighted by Crippen LogP contribution is 2.26. The molecule has 0 amide bonds. The summed E-state index contributed by atoms with van der Waals surface area (Å²) in [6.07, 6.45) is 0. The summed E-state index contributed by atoms with van der Waals surface area (Å²) in [5.74, 6) is -1.53. The molecule has 1 aromatic heterocycles. The van der Waals surface area contributed by atoms with Crippen molar-refractivity contribution in [1.82, 2.24) is 9.55 Å². The monoisotopic (exact) mass is 317 g/mol. The number of hydrogen-bond donors (Lipinski definition) is 0. The van der Waals surface area contributed by atoms with E-state index in [2.05, 4.69) is 4.98 Å². The van der Waals surface area contributed by atoms with Gasteiger partial charge < -0.3 is 9.90 Å².